The second-order valence-electron chi connectivity index (χ2n) is 8.95. The minimum atomic E-state index is -3.55. The Kier molecular flexibility index (Phi) is 8.87. The molecule has 0 saturated heterocycles. The second-order valence-corrected chi connectivity index (χ2v) is 10.9. The molecule has 2 rings (SSSR count). The molecule has 2 aromatic carbocycles. The van der Waals surface area contributed by atoms with Crippen molar-refractivity contribution in [2.75, 3.05) is 18.4 Å². The molecular formula is C25H36N2O4S. The number of nitrogens with zero attached hydrogens (tertiary/aromatic N) is 1. The quantitative estimate of drug-likeness (QED) is 0.529. The first-order chi connectivity index (χ1) is 15.0. The summed E-state index contributed by atoms with van der Waals surface area (Å²) in [5.74, 6) is 0.313. The van der Waals surface area contributed by atoms with E-state index in [-0.39, 0.29) is 16.2 Å². The van der Waals surface area contributed by atoms with Crippen LogP contribution in [0.4, 0.5) is 5.69 Å². The van der Waals surface area contributed by atoms with Gasteiger partial charge in [0, 0.05) is 18.8 Å². The van der Waals surface area contributed by atoms with Crippen molar-refractivity contribution in [3.63, 3.8) is 0 Å². The topological polar surface area (TPSA) is 75.7 Å². The van der Waals surface area contributed by atoms with E-state index in [0.717, 1.165) is 12.8 Å². The van der Waals surface area contributed by atoms with Gasteiger partial charge in [-0.15, -0.1) is 0 Å². The van der Waals surface area contributed by atoms with Crippen molar-refractivity contribution in [3.8, 4) is 5.75 Å². The lowest BCUT2D eigenvalue weighted by molar-refractivity contribution is -0.122. The van der Waals surface area contributed by atoms with Gasteiger partial charge >= 0.3 is 0 Å². The highest BCUT2D eigenvalue weighted by atomic mass is 32.2. The second kappa shape index (κ2) is 11.0. The van der Waals surface area contributed by atoms with E-state index in [2.05, 4.69) is 26.1 Å². The van der Waals surface area contributed by atoms with Crippen LogP contribution >= 0.6 is 0 Å². The highest BCUT2D eigenvalue weighted by Crippen LogP contribution is 2.25. The molecule has 176 valence electrons. The van der Waals surface area contributed by atoms with Crippen LogP contribution in [0.5, 0.6) is 5.75 Å². The Morgan fingerprint density at radius 1 is 0.969 bits per heavy atom. The van der Waals surface area contributed by atoms with Gasteiger partial charge in [-0.3, -0.25) is 4.79 Å². The molecule has 1 unspecified atom stereocenters. The van der Waals surface area contributed by atoms with E-state index in [0.29, 0.717) is 24.5 Å². The Labute approximate surface area is 193 Å². The van der Waals surface area contributed by atoms with Gasteiger partial charge in [-0.1, -0.05) is 46.8 Å². The summed E-state index contributed by atoms with van der Waals surface area (Å²) in [7, 11) is -3.55. The number of sulfonamides is 1. The van der Waals surface area contributed by atoms with Crippen LogP contribution in [0.1, 0.15) is 59.9 Å². The summed E-state index contributed by atoms with van der Waals surface area (Å²) >= 11 is 0. The number of hydrogen-bond acceptors (Lipinski definition) is 4. The lowest BCUT2D eigenvalue weighted by Gasteiger charge is -2.21. The molecule has 0 aliphatic rings. The Hall–Kier alpha value is -2.38. The highest BCUT2D eigenvalue weighted by molar-refractivity contribution is 7.89. The molecule has 0 aromatic heterocycles. The van der Waals surface area contributed by atoms with Crippen molar-refractivity contribution in [2.45, 2.75) is 70.8 Å². The Bertz CT molecular complexity index is 972. The molecule has 0 heterocycles. The van der Waals surface area contributed by atoms with Gasteiger partial charge in [-0.2, -0.15) is 4.31 Å². The van der Waals surface area contributed by atoms with E-state index in [1.807, 2.05) is 38.1 Å². The number of ether oxygens (including phenoxy) is 1. The smallest absolute Gasteiger partial charge is 0.265 e. The van der Waals surface area contributed by atoms with Crippen molar-refractivity contribution in [1.82, 2.24) is 4.31 Å². The van der Waals surface area contributed by atoms with Crippen molar-refractivity contribution in [2.24, 2.45) is 0 Å². The number of carbonyl (C=O) groups is 1. The molecule has 7 heteroatoms. The molecule has 1 amide bonds. The average molecular weight is 461 g/mol. The molecule has 0 spiro atoms. The maximum absolute atomic E-state index is 12.9. The summed E-state index contributed by atoms with van der Waals surface area (Å²) in [6.07, 6.45) is 0.803. The molecule has 1 atom stereocenters. The molecular weight excluding hydrogens is 424 g/mol. The average Bonchev–Trinajstić information content (AvgIpc) is 2.73. The number of nitrogens with one attached hydrogen (secondary N) is 1. The number of benzene rings is 2. The molecule has 1 N–H and O–H groups in total. The third-order valence-electron chi connectivity index (χ3n) is 5.11. The van der Waals surface area contributed by atoms with Crippen molar-refractivity contribution in [1.29, 1.82) is 0 Å². The first-order valence-corrected chi connectivity index (χ1v) is 12.6. The van der Waals surface area contributed by atoms with Gasteiger partial charge in [0.15, 0.2) is 6.10 Å². The van der Waals surface area contributed by atoms with Gasteiger partial charge in [0.05, 0.1) is 4.90 Å². The van der Waals surface area contributed by atoms with E-state index in [1.54, 1.807) is 19.1 Å². The van der Waals surface area contributed by atoms with Crippen molar-refractivity contribution in [3.05, 3.63) is 54.1 Å². The molecule has 0 fully saturated rings. The summed E-state index contributed by atoms with van der Waals surface area (Å²) in [4.78, 5) is 12.8. The van der Waals surface area contributed by atoms with Crippen molar-refractivity contribution >= 4 is 21.6 Å². The van der Waals surface area contributed by atoms with Gasteiger partial charge in [0.25, 0.3) is 5.91 Å². The largest absolute Gasteiger partial charge is 0.481 e. The lowest BCUT2D eigenvalue weighted by Crippen LogP contribution is -2.32. The van der Waals surface area contributed by atoms with Crippen LogP contribution in [0.25, 0.3) is 0 Å². The van der Waals surface area contributed by atoms with Crippen LogP contribution < -0.4 is 10.1 Å². The third-order valence-corrected chi connectivity index (χ3v) is 7.02. The maximum Gasteiger partial charge on any atom is 0.265 e. The standard InChI is InChI=1S/C25H36N2O4S/c1-7-17-27(18-8-2)32(29,30)23-15-11-21(12-16-23)26-24(28)19(3)31-22-13-9-20(10-14-22)25(4,5)6/h9-16,19H,7-8,17-18H2,1-6H3,(H,26,28). The fourth-order valence-electron chi connectivity index (χ4n) is 3.25. The minimum absolute atomic E-state index is 0.0469. The van der Waals surface area contributed by atoms with E-state index in [9.17, 15) is 13.2 Å². The van der Waals surface area contributed by atoms with Crippen LogP contribution in [-0.2, 0) is 20.2 Å². The molecule has 0 radical (unpaired) electrons. The molecule has 2 aromatic rings. The van der Waals surface area contributed by atoms with Gasteiger partial charge in [0.1, 0.15) is 5.75 Å². The van der Waals surface area contributed by atoms with E-state index in [4.69, 9.17) is 4.74 Å². The predicted molar refractivity (Wildman–Crippen MR) is 130 cm³/mol. The van der Waals surface area contributed by atoms with Gasteiger partial charge < -0.3 is 10.1 Å². The Morgan fingerprint density at radius 3 is 1.97 bits per heavy atom. The number of amides is 1. The van der Waals surface area contributed by atoms with E-state index >= 15 is 0 Å². The zero-order chi connectivity index (χ0) is 23.9. The molecule has 0 bridgehead atoms. The van der Waals surface area contributed by atoms with Gasteiger partial charge in [-0.25, -0.2) is 8.42 Å². The van der Waals surface area contributed by atoms with Crippen LogP contribution in [0.2, 0.25) is 0 Å². The van der Waals surface area contributed by atoms with E-state index < -0.39 is 16.1 Å². The van der Waals surface area contributed by atoms with Crippen LogP contribution in [0.3, 0.4) is 0 Å². The van der Waals surface area contributed by atoms with E-state index in [1.165, 1.54) is 22.0 Å². The first kappa shape index (κ1) is 25.9. The maximum atomic E-state index is 12.9. The van der Waals surface area contributed by atoms with Crippen LogP contribution in [0, 0.1) is 0 Å². The number of carbonyl (C=O) groups excluding carboxylic acids is 1. The Balaban J connectivity index is 2.02. The minimum Gasteiger partial charge on any atom is -0.481 e. The summed E-state index contributed by atoms with van der Waals surface area (Å²) in [6.45, 7) is 13.0. The SMILES string of the molecule is CCCN(CCC)S(=O)(=O)c1ccc(NC(=O)C(C)Oc2ccc(C(C)(C)C)cc2)cc1. The van der Waals surface area contributed by atoms with Crippen molar-refractivity contribution < 1.29 is 17.9 Å². The predicted octanol–water partition coefficient (Wildman–Crippen LogP) is 5.20. The number of rotatable bonds is 10. The fraction of sp³-hybridized carbons (Fsp3) is 0.480. The van der Waals surface area contributed by atoms with Gasteiger partial charge in [-0.05, 0) is 67.1 Å². The summed E-state index contributed by atoms with van der Waals surface area (Å²) in [5, 5.41) is 2.78. The van der Waals surface area contributed by atoms with Crippen LogP contribution in [0.15, 0.2) is 53.4 Å². The molecule has 0 saturated carbocycles. The van der Waals surface area contributed by atoms with Crippen LogP contribution in [-0.4, -0.2) is 37.8 Å². The normalized spacial score (nSPS) is 13.1. The zero-order valence-corrected chi connectivity index (χ0v) is 20.8. The molecule has 6 nitrogen and oxygen atoms in total. The fourth-order valence-corrected chi connectivity index (χ4v) is 4.87. The molecule has 0 aliphatic heterocycles. The zero-order valence-electron chi connectivity index (χ0n) is 20.0. The summed E-state index contributed by atoms with van der Waals surface area (Å²) in [6, 6.07) is 14.0. The monoisotopic (exact) mass is 460 g/mol. The lowest BCUT2D eigenvalue weighted by atomic mass is 9.87. The highest BCUT2D eigenvalue weighted by Gasteiger charge is 2.23. The summed E-state index contributed by atoms with van der Waals surface area (Å²) in [5.41, 5.74) is 1.75. The molecule has 32 heavy (non-hydrogen) atoms. The summed E-state index contributed by atoms with van der Waals surface area (Å²) < 4.78 is 33.0. The number of hydrogen-bond donors (Lipinski definition) is 1. The third kappa shape index (κ3) is 6.81. The Morgan fingerprint density at radius 2 is 1.50 bits per heavy atom. The number of anilines is 1. The molecule has 0 aliphatic carbocycles. The first-order valence-electron chi connectivity index (χ1n) is 11.2. The van der Waals surface area contributed by atoms with Gasteiger partial charge in [0.2, 0.25) is 10.0 Å².